The Bertz CT molecular complexity index is 453. The minimum atomic E-state index is -4.48. The van der Waals surface area contributed by atoms with Crippen molar-refractivity contribution >= 4 is 17.3 Å². The summed E-state index contributed by atoms with van der Waals surface area (Å²) in [6.45, 7) is -2.23. The van der Waals surface area contributed by atoms with E-state index in [0.717, 1.165) is 6.07 Å². The molecule has 0 aliphatic rings. The van der Waals surface area contributed by atoms with Gasteiger partial charge in [0.05, 0.1) is 4.92 Å². The van der Waals surface area contributed by atoms with Crippen LogP contribution in [0.15, 0.2) is 18.2 Å². The van der Waals surface area contributed by atoms with Crippen LogP contribution in [-0.4, -0.2) is 24.5 Å². The van der Waals surface area contributed by atoms with Gasteiger partial charge >= 0.3 is 11.9 Å². The summed E-state index contributed by atoms with van der Waals surface area (Å²) < 4.78 is 44.4. The van der Waals surface area contributed by atoms with Crippen LogP contribution in [0.5, 0.6) is 5.75 Å². The highest BCUT2D eigenvalue weighted by Crippen LogP contribution is 2.28. The van der Waals surface area contributed by atoms with Crippen LogP contribution >= 0.6 is 11.6 Å². The van der Waals surface area contributed by atoms with Crippen molar-refractivity contribution in [2.75, 3.05) is 13.4 Å². The second-order valence-electron chi connectivity index (χ2n) is 3.42. The molecule has 1 aromatic carbocycles. The molecule has 9 heteroatoms. The van der Waals surface area contributed by atoms with Gasteiger partial charge in [-0.1, -0.05) is 6.07 Å². The number of hydrogen-bond donors (Lipinski definition) is 0. The van der Waals surface area contributed by atoms with Crippen LogP contribution in [0.25, 0.3) is 0 Å². The van der Waals surface area contributed by atoms with Crippen molar-refractivity contribution in [3.8, 4) is 5.75 Å². The van der Waals surface area contributed by atoms with E-state index in [1.807, 2.05) is 0 Å². The molecule has 0 saturated carbocycles. The topological polar surface area (TPSA) is 61.6 Å². The van der Waals surface area contributed by atoms with Crippen molar-refractivity contribution in [3.63, 3.8) is 0 Å². The summed E-state index contributed by atoms with van der Waals surface area (Å²) in [6.07, 6.45) is -4.48. The van der Waals surface area contributed by atoms with Gasteiger partial charge in [-0.15, -0.1) is 11.6 Å². The minimum absolute atomic E-state index is 0.0950. The fourth-order valence-electron chi connectivity index (χ4n) is 1.17. The molecule has 0 unspecified atom stereocenters. The summed E-state index contributed by atoms with van der Waals surface area (Å²) in [6, 6.07) is 3.87. The summed E-state index contributed by atoms with van der Waals surface area (Å²) in [7, 11) is 0. The zero-order valence-corrected chi connectivity index (χ0v) is 10.2. The predicted octanol–water partition coefficient (Wildman–Crippen LogP) is 3.25. The zero-order chi connectivity index (χ0) is 14.5. The van der Waals surface area contributed by atoms with Gasteiger partial charge in [0, 0.05) is 11.9 Å². The van der Waals surface area contributed by atoms with Crippen LogP contribution in [0.1, 0.15) is 5.56 Å². The maximum Gasteiger partial charge on any atom is 0.411 e. The first-order valence-electron chi connectivity index (χ1n) is 4.94. The summed E-state index contributed by atoms with van der Waals surface area (Å²) in [4.78, 5) is 9.97. The Morgan fingerprint density at radius 3 is 2.58 bits per heavy atom. The molecule has 0 radical (unpaired) electrons. The molecule has 0 spiro atoms. The Morgan fingerprint density at radius 2 is 2.05 bits per heavy atom. The van der Waals surface area contributed by atoms with E-state index < -0.39 is 24.5 Å². The second-order valence-corrected chi connectivity index (χ2v) is 3.69. The SMILES string of the molecule is O=[N+]([O-])c1ccc(CCl)cc1OCOCC(F)(F)F. The number of benzene rings is 1. The number of halogens is 4. The van der Waals surface area contributed by atoms with Gasteiger partial charge in [-0.3, -0.25) is 10.1 Å². The van der Waals surface area contributed by atoms with Crippen molar-refractivity contribution in [1.29, 1.82) is 0 Å². The molecule has 1 aromatic rings. The van der Waals surface area contributed by atoms with E-state index in [1.54, 1.807) is 0 Å². The Balaban J connectivity index is 2.67. The maximum absolute atomic E-state index is 11.8. The Labute approximate surface area is 111 Å². The molecular formula is C10H9ClF3NO4. The van der Waals surface area contributed by atoms with Crippen LogP contribution in [0.3, 0.4) is 0 Å². The summed E-state index contributed by atoms with van der Waals surface area (Å²) in [5.41, 5.74) is 0.169. The van der Waals surface area contributed by atoms with E-state index in [9.17, 15) is 23.3 Å². The van der Waals surface area contributed by atoms with Crippen molar-refractivity contribution in [2.24, 2.45) is 0 Å². The highest BCUT2D eigenvalue weighted by Gasteiger charge is 2.27. The average Bonchev–Trinajstić information content (AvgIpc) is 2.33. The molecule has 0 aliphatic heterocycles. The van der Waals surface area contributed by atoms with Gasteiger partial charge < -0.3 is 9.47 Å². The lowest BCUT2D eigenvalue weighted by Crippen LogP contribution is -2.19. The van der Waals surface area contributed by atoms with E-state index in [-0.39, 0.29) is 17.3 Å². The molecule has 0 N–H and O–H groups in total. The zero-order valence-electron chi connectivity index (χ0n) is 9.45. The Hall–Kier alpha value is -1.54. The van der Waals surface area contributed by atoms with E-state index in [0.29, 0.717) is 5.56 Å². The fraction of sp³-hybridized carbons (Fsp3) is 0.400. The van der Waals surface area contributed by atoms with Crippen LogP contribution in [-0.2, 0) is 10.6 Å². The van der Waals surface area contributed by atoms with Gasteiger partial charge in [-0.05, 0) is 11.6 Å². The van der Waals surface area contributed by atoms with Crippen LogP contribution in [0.2, 0.25) is 0 Å². The minimum Gasteiger partial charge on any atom is -0.460 e. The van der Waals surface area contributed by atoms with Gasteiger partial charge in [0.25, 0.3) is 0 Å². The molecule has 0 amide bonds. The molecule has 0 atom stereocenters. The average molecular weight is 300 g/mol. The lowest BCUT2D eigenvalue weighted by Gasteiger charge is -2.10. The lowest BCUT2D eigenvalue weighted by molar-refractivity contribution is -0.386. The number of ether oxygens (including phenoxy) is 2. The van der Waals surface area contributed by atoms with E-state index in [4.69, 9.17) is 16.3 Å². The smallest absolute Gasteiger partial charge is 0.411 e. The molecule has 0 fully saturated rings. The predicted molar refractivity (Wildman–Crippen MR) is 60.2 cm³/mol. The number of rotatable bonds is 6. The molecule has 0 heterocycles. The molecule has 0 saturated heterocycles. The first-order valence-corrected chi connectivity index (χ1v) is 5.47. The van der Waals surface area contributed by atoms with E-state index in [1.165, 1.54) is 12.1 Å². The first kappa shape index (κ1) is 15.5. The Kier molecular flexibility index (Phi) is 5.37. The monoisotopic (exact) mass is 299 g/mol. The number of nitrogens with zero attached hydrogens (tertiary/aromatic N) is 1. The molecule has 1 rings (SSSR count). The number of alkyl halides is 4. The normalized spacial score (nSPS) is 11.4. The highest BCUT2D eigenvalue weighted by atomic mass is 35.5. The quantitative estimate of drug-likeness (QED) is 0.266. The lowest BCUT2D eigenvalue weighted by atomic mass is 10.2. The van der Waals surface area contributed by atoms with Gasteiger partial charge in [-0.25, -0.2) is 0 Å². The maximum atomic E-state index is 11.8. The van der Waals surface area contributed by atoms with Gasteiger partial charge in [0.2, 0.25) is 0 Å². The van der Waals surface area contributed by atoms with E-state index in [2.05, 4.69) is 4.74 Å². The second kappa shape index (κ2) is 6.58. The third kappa shape index (κ3) is 5.31. The van der Waals surface area contributed by atoms with Crippen molar-refractivity contribution < 1.29 is 27.6 Å². The third-order valence-electron chi connectivity index (χ3n) is 1.94. The summed E-state index contributed by atoms with van der Waals surface area (Å²) in [5.74, 6) is -0.0945. The molecule has 19 heavy (non-hydrogen) atoms. The molecule has 0 aromatic heterocycles. The Morgan fingerprint density at radius 1 is 1.37 bits per heavy atom. The van der Waals surface area contributed by atoms with Gasteiger partial charge in [-0.2, -0.15) is 13.2 Å². The van der Waals surface area contributed by atoms with Crippen molar-refractivity contribution in [2.45, 2.75) is 12.1 Å². The molecular weight excluding hydrogens is 291 g/mol. The number of nitro benzene ring substituents is 1. The molecule has 106 valence electrons. The first-order chi connectivity index (χ1) is 8.83. The van der Waals surface area contributed by atoms with Gasteiger partial charge in [0.15, 0.2) is 12.5 Å². The van der Waals surface area contributed by atoms with Crippen LogP contribution < -0.4 is 4.74 Å². The standard InChI is InChI=1S/C10H9ClF3NO4/c11-4-7-1-2-8(15(16)17)9(3-7)19-6-18-5-10(12,13)14/h1-3H,4-6H2. The third-order valence-corrected chi connectivity index (χ3v) is 2.25. The van der Waals surface area contributed by atoms with Crippen LogP contribution in [0, 0.1) is 10.1 Å². The summed E-state index contributed by atoms with van der Waals surface area (Å²) >= 11 is 5.55. The van der Waals surface area contributed by atoms with Crippen molar-refractivity contribution in [3.05, 3.63) is 33.9 Å². The number of nitro groups is 1. The highest BCUT2D eigenvalue weighted by molar-refractivity contribution is 6.17. The van der Waals surface area contributed by atoms with Crippen molar-refractivity contribution in [1.82, 2.24) is 0 Å². The molecule has 0 bridgehead atoms. The van der Waals surface area contributed by atoms with Gasteiger partial charge in [0.1, 0.15) is 6.61 Å². The largest absolute Gasteiger partial charge is 0.460 e. The summed E-state index contributed by atoms with van der Waals surface area (Å²) in [5, 5.41) is 10.7. The number of hydrogen-bond acceptors (Lipinski definition) is 4. The molecule has 0 aliphatic carbocycles. The van der Waals surface area contributed by atoms with Crippen LogP contribution in [0.4, 0.5) is 18.9 Å². The van der Waals surface area contributed by atoms with E-state index >= 15 is 0 Å². The molecule has 5 nitrogen and oxygen atoms in total. The fourth-order valence-corrected chi connectivity index (χ4v) is 1.34.